The Labute approximate surface area is 157 Å². The quantitative estimate of drug-likeness (QED) is 0.563. The number of aromatic amines is 2. The molecule has 1 aromatic carbocycles. The number of nitrogens with one attached hydrogen (secondary N) is 2. The van der Waals surface area contributed by atoms with Crippen LogP contribution < -0.4 is 16.1 Å². The molecule has 5 rings (SSSR count). The van der Waals surface area contributed by atoms with Gasteiger partial charge in [0.05, 0.1) is 11.3 Å². The van der Waals surface area contributed by atoms with E-state index in [1.807, 2.05) is 0 Å². The Morgan fingerprint density at radius 2 is 1.93 bits per heavy atom. The molecule has 140 valence electrons. The summed E-state index contributed by atoms with van der Waals surface area (Å²) in [4.78, 5) is 34.6. The van der Waals surface area contributed by atoms with Crippen LogP contribution in [0.5, 0.6) is 0 Å². The van der Waals surface area contributed by atoms with Gasteiger partial charge in [-0.3, -0.25) is 9.78 Å². The summed E-state index contributed by atoms with van der Waals surface area (Å²) in [5, 5.41) is 4.43. The Morgan fingerprint density at radius 3 is 2.68 bits per heavy atom. The van der Waals surface area contributed by atoms with E-state index in [0.29, 0.717) is 17.3 Å². The lowest BCUT2D eigenvalue weighted by Gasteiger charge is -2.41. The van der Waals surface area contributed by atoms with Crippen LogP contribution in [0.4, 0.5) is 10.1 Å². The summed E-state index contributed by atoms with van der Waals surface area (Å²) in [6.07, 6.45) is 4.71. The van der Waals surface area contributed by atoms with Crippen molar-refractivity contribution in [1.29, 1.82) is 0 Å². The van der Waals surface area contributed by atoms with Gasteiger partial charge >= 0.3 is 5.69 Å². The minimum atomic E-state index is -0.567. The SMILES string of the molecule is O=c1[nH]cc(-c2cc(N3CC(c4ccc(F)cc4)C3)c3nccn3n2)c(=O)[nH]1. The maximum Gasteiger partial charge on any atom is 0.325 e. The van der Waals surface area contributed by atoms with Crippen LogP contribution in [0.2, 0.25) is 0 Å². The van der Waals surface area contributed by atoms with E-state index < -0.39 is 11.2 Å². The van der Waals surface area contributed by atoms with Crippen LogP contribution in [-0.4, -0.2) is 37.7 Å². The number of anilines is 1. The normalized spacial score (nSPS) is 14.4. The van der Waals surface area contributed by atoms with Crippen molar-refractivity contribution in [1.82, 2.24) is 24.6 Å². The van der Waals surface area contributed by atoms with Gasteiger partial charge in [-0.1, -0.05) is 12.1 Å². The van der Waals surface area contributed by atoms with Crippen molar-refractivity contribution < 1.29 is 4.39 Å². The third-order valence-electron chi connectivity index (χ3n) is 5.00. The third-order valence-corrected chi connectivity index (χ3v) is 5.00. The van der Waals surface area contributed by atoms with Gasteiger partial charge in [-0.2, -0.15) is 5.10 Å². The number of hydrogen-bond acceptors (Lipinski definition) is 5. The summed E-state index contributed by atoms with van der Waals surface area (Å²) in [5.74, 6) is 0.0487. The van der Waals surface area contributed by atoms with E-state index in [9.17, 15) is 14.0 Å². The van der Waals surface area contributed by atoms with Gasteiger partial charge in [-0.15, -0.1) is 0 Å². The number of rotatable bonds is 3. The Hall–Kier alpha value is -3.75. The molecule has 3 aromatic heterocycles. The van der Waals surface area contributed by atoms with E-state index in [4.69, 9.17) is 0 Å². The molecule has 28 heavy (non-hydrogen) atoms. The molecule has 0 aliphatic carbocycles. The van der Waals surface area contributed by atoms with E-state index in [0.717, 1.165) is 24.3 Å². The Bertz CT molecular complexity index is 1280. The first kappa shape index (κ1) is 16.4. The second-order valence-electron chi connectivity index (χ2n) is 6.75. The number of nitrogens with zero attached hydrogens (tertiary/aromatic N) is 4. The van der Waals surface area contributed by atoms with Crippen LogP contribution >= 0.6 is 0 Å². The number of hydrogen-bond donors (Lipinski definition) is 2. The molecule has 0 saturated carbocycles. The lowest BCUT2D eigenvalue weighted by molar-refractivity contribution is 0.523. The highest BCUT2D eigenvalue weighted by atomic mass is 19.1. The van der Waals surface area contributed by atoms with Crippen LogP contribution in [0.15, 0.2) is 58.5 Å². The summed E-state index contributed by atoms with van der Waals surface area (Å²) < 4.78 is 14.7. The second-order valence-corrected chi connectivity index (χ2v) is 6.75. The molecule has 4 heterocycles. The number of fused-ring (bicyclic) bond motifs is 1. The Morgan fingerprint density at radius 1 is 1.14 bits per heavy atom. The first-order valence-corrected chi connectivity index (χ1v) is 8.76. The van der Waals surface area contributed by atoms with E-state index in [1.165, 1.54) is 18.3 Å². The molecule has 0 radical (unpaired) electrons. The first-order valence-electron chi connectivity index (χ1n) is 8.76. The van der Waals surface area contributed by atoms with Gasteiger partial charge in [0.15, 0.2) is 5.65 Å². The van der Waals surface area contributed by atoms with Crippen LogP contribution in [0.25, 0.3) is 16.9 Å². The average molecular weight is 378 g/mol. The second kappa shape index (κ2) is 6.15. The van der Waals surface area contributed by atoms with E-state index in [1.54, 1.807) is 35.1 Å². The molecule has 1 aliphatic rings. The average Bonchev–Trinajstić information content (AvgIpc) is 3.10. The summed E-state index contributed by atoms with van der Waals surface area (Å²) in [5.41, 5.74) is 2.25. The minimum absolute atomic E-state index is 0.246. The fourth-order valence-electron chi connectivity index (χ4n) is 3.49. The highest BCUT2D eigenvalue weighted by Crippen LogP contribution is 2.34. The standard InChI is InChI=1S/C19H15FN6O2/c20-13-3-1-11(2-4-13)12-9-25(10-12)16-7-15(24-26-6-5-21-17(16)26)14-8-22-19(28)23-18(14)27/h1-8,12H,9-10H2,(H2,22,23,27,28). The highest BCUT2D eigenvalue weighted by molar-refractivity contribution is 5.75. The van der Waals surface area contributed by atoms with Gasteiger partial charge in [0, 0.05) is 37.6 Å². The fourth-order valence-corrected chi connectivity index (χ4v) is 3.49. The van der Waals surface area contributed by atoms with Crippen LogP contribution in [0.3, 0.4) is 0 Å². The van der Waals surface area contributed by atoms with E-state index >= 15 is 0 Å². The fraction of sp³-hybridized carbons (Fsp3) is 0.158. The van der Waals surface area contributed by atoms with Crippen LogP contribution in [0.1, 0.15) is 11.5 Å². The molecule has 2 N–H and O–H groups in total. The monoisotopic (exact) mass is 378 g/mol. The molecule has 0 unspecified atom stereocenters. The summed E-state index contributed by atoms with van der Waals surface area (Å²) in [7, 11) is 0. The molecule has 1 aliphatic heterocycles. The molecule has 0 bridgehead atoms. The summed E-state index contributed by atoms with van der Waals surface area (Å²) >= 11 is 0. The van der Waals surface area contributed by atoms with E-state index in [-0.39, 0.29) is 11.4 Å². The molecule has 1 saturated heterocycles. The Kier molecular flexibility index (Phi) is 3.61. The predicted octanol–water partition coefficient (Wildman–Crippen LogP) is 1.52. The van der Waals surface area contributed by atoms with Crippen molar-refractivity contribution in [2.24, 2.45) is 0 Å². The zero-order valence-electron chi connectivity index (χ0n) is 14.6. The molecular formula is C19H15FN6O2. The first-order chi connectivity index (χ1) is 13.6. The van der Waals surface area contributed by atoms with Crippen molar-refractivity contribution in [2.45, 2.75) is 5.92 Å². The number of aromatic nitrogens is 5. The maximum atomic E-state index is 13.1. The van der Waals surface area contributed by atoms with Gasteiger partial charge in [0.2, 0.25) is 0 Å². The lowest BCUT2D eigenvalue weighted by atomic mass is 9.91. The lowest BCUT2D eigenvalue weighted by Crippen LogP contribution is -2.45. The molecule has 8 nitrogen and oxygen atoms in total. The molecular weight excluding hydrogens is 363 g/mol. The van der Waals surface area contributed by atoms with Crippen LogP contribution in [-0.2, 0) is 0 Å². The van der Waals surface area contributed by atoms with Gasteiger partial charge in [-0.05, 0) is 23.8 Å². The van der Waals surface area contributed by atoms with Crippen molar-refractivity contribution in [3.8, 4) is 11.3 Å². The zero-order chi connectivity index (χ0) is 19.3. The molecule has 9 heteroatoms. The number of imidazole rings is 1. The maximum absolute atomic E-state index is 13.1. The molecule has 0 atom stereocenters. The van der Waals surface area contributed by atoms with Crippen molar-refractivity contribution in [3.05, 3.63) is 81.1 Å². The van der Waals surface area contributed by atoms with Gasteiger partial charge < -0.3 is 9.88 Å². The van der Waals surface area contributed by atoms with E-state index in [2.05, 4.69) is 25.0 Å². The number of halogens is 1. The van der Waals surface area contributed by atoms with Gasteiger partial charge in [0.25, 0.3) is 5.56 Å². The minimum Gasteiger partial charge on any atom is -0.367 e. The number of benzene rings is 1. The molecule has 1 fully saturated rings. The molecule has 0 amide bonds. The smallest absolute Gasteiger partial charge is 0.325 e. The molecule has 0 spiro atoms. The molecule has 4 aromatic rings. The van der Waals surface area contributed by atoms with Crippen molar-refractivity contribution in [2.75, 3.05) is 18.0 Å². The highest BCUT2D eigenvalue weighted by Gasteiger charge is 2.30. The van der Waals surface area contributed by atoms with Gasteiger partial charge in [-0.25, -0.2) is 18.7 Å². The Balaban J connectivity index is 1.51. The van der Waals surface area contributed by atoms with Gasteiger partial charge in [0.1, 0.15) is 11.5 Å². The number of H-pyrrole nitrogens is 2. The van der Waals surface area contributed by atoms with Crippen molar-refractivity contribution in [3.63, 3.8) is 0 Å². The zero-order valence-corrected chi connectivity index (χ0v) is 14.6. The van der Waals surface area contributed by atoms with Crippen molar-refractivity contribution >= 4 is 11.3 Å². The third kappa shape index (κ3) is 2.68. The topological polar surface area (TPSA) is 99.2 Å². The van der Waals surface area contributed by atoms with Crippen LogP contribution in [0, 0.1) is 5.82 Å². The summed E-state index contributed by atoms with van der Waals surface area (Å²) in [6.45, 7) is 1.50. The largest absolute Gasteiger partial charge is 0.367 e. The summed E-state index contributed by atoms with van der Waals surface area (Å²) in [6, 6.07) is 8.35. The predicted molar refractivity (Wildman–Crippen MR) is 101 cm³/mol.